The second-order valence-electron chi connectivity index (χ2n) is 4.28. The highest BCUT2D eigenvalue weighted by Crippen LogP contribution is 2.28. The Morgan fingerprint density at radius 1 is 1.22 bits per heavy atom. The van der Waals surface area contributed by atoms with Gasteiger partial charge in [-0.25, -0.2) is 4.98 Å². The Kier molecular flexibility index (Phi) is 4.49. The Morgan fingerprint density at radius 2 is 1.94 bits per heavy atom. The first-order valence-corrected chi connectivity index (χ1v) is 6.97. The molecule has 0 aliphatic heterocycles. The molecule has 0 spiro atoms. The monoisotopic (exact) mass is 285 g/mol. The van der Waals surface area contributed by atoms with E-state index in [1.165, 1.54) is 0 Å². The van der Waals surface area contributed by atoms with E-state index in [1.807, 2.05) is 12.1 Å². The first kappa shape index (κ1) is 13.7. The van der Waals surface area contributed by atoms with Gasteiger partial charge in [-0.15, -0.1) is 0 Å². The summed E-state index contributed by atoms with van der Waals surface area (Å²) >= 11 is 12.1. The molecule has 1 aromatic heterocycles. The molecule has 3 nitrogen and oxygen atoms in total. The first-order chi connectivity index (χ1) is 8.67. The van der Waals surface area contributed by atoms with Crippen LogP contribution in [0.2, 0.25) is 10.0 Å². The van der Waals surface area contributed by atoms with Gasteiger partial charge in [-0.2, -0.15) is 0 Å². The van der Waals surface area contributed by atoms with Gasteiger partial charge in [-0.05, 0) is 31.5 Å². The minimum atomic E-state index is 0.554. The van der Waals surface area contributed by atoms with Crippen LogP contribution in [0.15, 0.2) is 12.1 Å². The minimum Gasteiger partial charge on any atom is -0.330 e. The van der Waals surface area contributed by atoms with Crippen LogP contribution in [-0.4, -0.2) is 16.1 Å². The van der Waals surface area contributed by atoms with Crippen molar-refractivity contribution in [3.8, 4) is 0 Å². The zero-order valence-corrected chi connectivity index (χ0v) is 11.9. The molecule has 0 radical (unpaired) electrons. The number of imidazole rings is 1. The van der Waals surface area contributed by atoms with E-state index in [0.29, 0.717) is 10.0 Å². The largest absolute Gasteiger partial charge is 0.330 e. The van der Waals surface area contributed by atoms with Crippen LogP contribution in [0.1, 0.15) is 25.6 Å². The molecule has 0 fully saturated rings. The molecule has 0 amide bonds. The summed E-state index contributed by atoms with van der Waals surface area (Å²) in [7, 11) is 0. The summed E-state index contributed by atoms with van der Waals surface area (Å²) in [4.78, 5) is 4.60. The molecular formula is C13H17Cl2N3. The summed E-state index contributed by atoms with van der Waals surface area (Å²) in [6, 6.07) is 3.73. The van der Waals surface area contributed by atoms with Crippen molar-refractivity contribution in [2.45, 2.75) is 32.7 Å². The minimum absolute atomic E-state index is 0.554. The number of unbranched alkanes of at least 4 members (excludes halogenated alkanes) is 1. The quantitative estimate of drug-likeness (QED) is 0.853. The standard InChI is InChI=1S/C13H17Cl2N3/c1-2-13-17-11-7-9(14)10(15)8-12(11)18(13)6-4-3-5-16/h7-8H,2-6,16H2,1H3. The molecule has 98 valence electrons. The maximum atomic E-state index is 6.08. The average Bonchev–Trinajstić information content (AvgIpc) is 2.68. The predicted molar refractivity (Wildman–Crippen MR) is 77.4 cm³/mol. The van der Waals surface area contributed by atoms with Crippen LogP contribution in [0, 0.1) is 0 Å². The molecule has 1 heterocycles. The predicted octanol–water partition coefficient (Wildman–Crippen LogP) is 3.64. The van der Waals surface area contributed by atoms with Crippen LogP contribution in [0.25, 0.3) is 11.0 Å². The summed E-state index contributed by atoms with van der Waals surface area (Å²) in [5.74, 6) is 1.07. The smallest absolute Gasteiger partial charge is 0.109 e. The number of halogens is 2. The summed E-state index contributed by atoms with van der Waals surface area (Å²) in [5.41, 5.74) is 7.50. The first-order valence-electron chi connectivity index (χ1n) is 6.21. The Balaban J connectivity index is 2.44. The molecule has 0 aliphatic rings. The van der Waals surface area contributed by atoms with Crippen molar-refractivity contribution in [2.24, 2.45) is 5.73 Å². The van der Waals surface area contributed by atoms with Crippen LogP contribution in [0.5, 0.6) is 0 Å². The molecule has 0 unspecified atom stereocenters. The molecular weight excluding hydrogens is 269 g/mol. The highest BCUT2D eigenvalue weighted by molar-refractivity contribution is 6.42. The number of rotatable bonds is 5. The van der Waals surface area contributed by atoms with Gasteiger partial charge in [0, 0.05) is 13.0 Å². The van der Waals surface area contributed by atoms with Crippen molar-refractivity contribution in [1.29, 1.82) is 0 Å². The van der Waals surface area contributed by atoms with Gasteiger partial charge in [0.15, 0.2) is 0 Å². The lowest BCUT2D eigenvalue weighted by atomic mass is 10.3. The number of nitrogens with zero attached hydrogens (tertiary/aromatic N) is 2. The van der Waals surface area contributed by atoms with Crippen LogP contribution in [0.3, 0.4) is 0 Å². The number of aryl methyl sites for hydroxylation is 2. The third kappa shape index (κ3) is 2.63. The Hall–Kier alpha value is -0.770. The number of fused-ring (bicyclic) bond motifs is 1. The van der Waals surface area contributed by atoms with Crippen LogP contribution < -0.4 is 5.73 Å². The van der Waals surface area contributed by atoms with Gasteiger partial charge >= 0.3 is 0 Å². The molecule has 0 aliphatic carbocycles. The number of nitrogens with two attached hydrogens (primary N) is 1. The Bertz CT molecular complexity index is 549. The van der Waals surface area contributed by atoms with E-state index in [0.717, 1.165) is 49.2 Å². The number of aromatic nitrogens is 2. The second kappa shape index (κ2) is 5.91. The third-order valence-electron chi connectivity index (χ3n) is 3.02. The molecule has 1 aromatic carbocycles. The molecule has 2 rings (SSSR count). The normalized spacial score (nSPS) is 11.3. The fourth-order valence-electron chi connectivity index (χ4n) is 2.10. The van der Waals surface area contributed by atoms with E-state index in [-0.39, 0.29) is 0 Å². The number of hydrogen-bond donors (Lipinski definition) is 1. The molecule has 0 atom stereocenters. The molecule has 2 N–H and O–H groups in total. The number of benzene rings is 1. The fraction of sp³-hybridized carbons (Fsp3) is 0.462. The van der Waals surface area contributed by atoms with Gasteiger partial charge in [0.1, 0.15) is 5.82 Å². The van der Waals surface area contributed by atoms with Gasteiger partial charge in [0.25, 0.3) is 0 Å². The van der Waals surface area contributed by atoms with E-state index >= 15 is 0 Å². The summed E-state index contributed by atoms with van der Waals surface area (Å²) in [6.45, 7) is 3.75. The zero-order chi connectivity index (χ0) is 13.1. The maximum Gasteiger partial charge on any atom is 0.109 e. The third-order valence-corrected chi connectivity index (χ3v) is 3.74. The maximum absolute atomic E-state index is 6.08. The summed E-state index contributed by atoms with van der Waals surface area (Å²) in [6.07, 6.45) is 2.96. The fourth-order valence-corrected chi connectivity index (χ4v) is 2.42. The van der Waals surface area contributed by atoms with Gasteiger partial charge in [-0.1, -0.05) is 30.1 Å². The topological polar surface area (TPSA) is 43.8 Å². The molecule has 2 aromatic rings. The van der Waals surface area contributed by atoms with Crippen molar-refractivity contribution >= 4 is 34.2 Å². The Labute approximate surface area is 117 Å². The van der Waals surface area contributed by atoms with Gasteiger partial charge < -0.3 is 10.3 Å². The van der Waals surface area contributed by atoms with E-state index in [9.17, 15) is 0 Å². The van der Waals surface area contributed by atoms with Crippen molar-refractivity contribution in [3.63, 3.8) is 0 Å². The zero-order valence-electron chi connectivity index (χ0n) is 10.4. The lowest BCUT2D eigenvalue weighted by Crippen LogP contribution is -2.06. The van der Waals surface area contributed by atoms with Crippen LogP contribution >= 0.6 is 23.2 Å². The van der Waals surface area contributed by atoms with E-state index < -0.39 is 0 Å². The molecule has 0 bridgehead atoms. The van der Waals surface area contributed by atoms with Crippen molar-refractivity contribution in [1.82, 2.24) is 9.55 Å². The lowest BCUT2D eigenvalue weighted by molar-refractivity contribution is 0.605. The average molecular weight is 286 g/mol. The van der Waals surface area contributed by atoms with Gasteiger partial charge in [-0.3, -0.25) is 0 Å². The molecule has 5 heteroatoms. The molecule has 0 saturated heterocycles. The molecule has 18 heavy (non-hydrogen) atoms. The summed E-state index contributed by atoms with van der Waals surface area (Å²) in [5, 5.41) is 1.13. The van der Waals surface area contributed by atoms with Gasteiger partial charge in [0.05, 0.1) is 21.1 Å². The second-order valence-corrected chi connectivity index (χ2v) is 5.10. The van der Waals surface area contributed by atoms with Crippen LogP contribution in [-0.2, 0) is 13.0 Å². The van der Waals surface area contributed by atoms with E-state index in [2.05, 4.69) is 16.5 Å². The van der Waals surface area contributed by atoms with Crippen molar-refractivity contribution < 1.29 is 0 Å². The molecule has 0 saturated carbocycles. The van der Waals surface area contributed by atoms with Crippen LogP contribution in [0.4, 0.5) is 0 Å². The summed E-state index contributed by atoms with van der Waals surface area (Å²) < 4.78 is 2.22. The van der Waals surface area contributed by atoms with E-state index in [4.69, 9.17) is 28.9 Å². The van der Waals surface area contributed by atoms with Gasteiger partial charge in [0.2, 0.25) is 0 Å². The Morgan fingerprint density at radius 3 is 2.61 bits per heavy atom. The van der Waals surface area contributed by atoms with Crippen molar-refractivity contribution in [3.05, 3.63) is 28.0 Å². The lowest BCUT2D eigenvalue weighted by Gasteiger charge is -2.07. The SMILES string of the molecule is CCc1nc2cc(Cl)c(Cl)cc2n1CCCCN. The van der Waals surface area contributed by atoms with Crippen molar-refractivity contribution in [2.75, 3.05) is 6.54 Å². The number of hydrogen-bond acceptors (Lipinski definition) is 2. The highest BCUT2D eigenvalue weighted by Gasteiger charge is 2.11. The van der Waals surface area contributed by atoms with E-state index in [1.54, 1.807) is 0 Å². The highest BCUT2D eigenvalue weighted by atomic mass is 35.5.